The molecule has 1 aliphatic heterocycles. The van der Waals surface area contributed by atoms with Crippen LogP contribution < -0.4 is 10.2 Å². The largest absolute Gasteiger partial charge is 0.433 e. The van der Waals surface area contributed by atoms with Crippen molar-refractivity contribution in [1.82, 2.24) is 14.9 Å². The van der Waals surface area contributed by atoms with Gasteiger partial charge in [0.2, 0.25) is 11.9 Å². The third kappa shape index (κ3) is 6.16. The summed E-state index contributed by atoms with van der Waals surface area (Å²) in [7, 11) is 0. The maximum Gasteiger partial charge on any atom is 0.433 e. The van der Waals surface area contributed by atoms with Gasteiger partial charge >= 0.3 is 6.18 Å². The minimum Gasteiger partial charge on any atom is -0.368 e. The molecule has 1 amide bonds. The Kier molecular flexibility index (Phi) is 7.55. The highest BCUT2D eigenvalue weighted by atomic mass is 19.4. The van der Waals surface area contributed by atoms with Gasteiger partial charge in [-0.15, -0.1) is 0 Å². The van der Waals surface area contributed by atoms with Crippen LogP contribution in [0.5, 0.6) is 0 Å². The van der Waals surface area contributed by atoms with Crippen LogP contribution in [0, 0.1) is 6.92 Å². The number of halogens is 3. The summed E-state index contributed by atoms with van der Waals surface area (Å²) in [6, 6.07) is 10.1. The maximum atomic E-state index is 13.1. The van der Waals surface area contributed by atoms with Crippen LogP contribution in [0.4, 0.5) is 24.8 Å². The Morgan fingerprint density at radius 1 is 1.09 bits per heavy atom. The normalized spacial score (nSPS) is 21.4. The van der Waals surface area contributed by atoms with Gasteiger partial charge in [0.05, 0.1) is 6.10 Å². The monoisotopic (exact) mass is 477 g/mol. The molecule has 1 aliphatic carbocycles. The lowest BCUT2D eigenvalue weighted by molar-refractivity contribution is -0.141. The number of hydrogen-bond donors (Lipinski definition) is 1. The highest BCUT2D eigenvalue weighted by Gasteiger charge is 2.35. The number of para-hydroxylation sites is 1. The van der Waals surface area contributed by atoms with Crippen LogP contribution >= 0.6 is 0 Å². The molecule has 2 aliphatic rings. The SMILES string of the molecule is Cc1cnc(NC2CCC(OCC(=O)N3CCN(c4ccccc4)CC3)CC2)nc1C(F)(F)F. The number of piperazine rings is 1. The van der Waals surface area contributed by atoms with Crippen molar-refractivity contribution in [3.63, 3.8) is 0 Å². The van der Waals surface area contributed by atoms with Gasteiger partial charge in [-0.2, -0.15) is 13.2 Å². The molecule has 1 aromatic heterocycles. The number of alkyl halides is 3. The molecule has 0 unspecified atom stereocenters. The number of nitrogens with one attached hydrogen (secondary N) is 1. The van der Waals surface area contributed by atoms with E-state index in [-0.39, 0.29) is 36.2 Å². The molecule has 7 nitrogen and oxygen atoms in total. The Hall–Kier alpha value is -2.88. The number of ether oxygens (including phenoxy) is 1. The van der Waals surface area contributed by atoms with Crippen molar-refractivity contribution in [3.05, 3.63) is 47.8 Å². The zero-order valence-electron chi connectivity index (χ0n) is 19.2. The number of benzene rings is 1. The molecule has 4 rings (SSSR count). The first-order chi connectivity index (χ1) is 16.3. The zero-order chi connectivity index (χ0) is 24.1. The predicted molar refractivity (Wildman–Crippen MR) is 123 cm³/mol. The number of nitrogens with zero attached hydrogens (tertiary/aromatic N) is 4. The topological polar surface area (TPSA) is 70.6 Å². The van der Waals surface area contributed by atoms with Gasteiger partial charge in [0.15, 0.2) is 5.69 Å². The highest BCUT2D eigenvalue weighted by Crippen LogP contribution is 2.31. The molecule has 0 bridgehead atoms. The first-order valence-corrected chi connectivity index (χ1v) is 11.7. The second-order valence-electron chi connectivity index (χ2n) is 8.86. The molecular formula is C24H30F3N5O2. The molecular weight excluding hydrogens is 447 g/mol. The first kappa shape index (κ1) is 24.3. The smallest absolute Gasteiger partial charge is 0.368 e. The quantitative estimate of drug-likeness (QED) is 0.681. The number of carbonyl (C=O) groups is 1. The summed E-state index contributed by atoms with van der Waals surface area (Å²) >= 11 is 0. The number of hydrogen-bond acceptors (Lipinski definition) is 6. The van der Waals surface area contributed by atoms with Crippen molar-refractivity contribution >= 4 is 17.5 Å². The molecule has 0 spiro atoms. The molecule has 0 atom stereocenters. The number of aryl methyl sites for hydroxylation is 1. The lowest BCUT2D eigenvalue weighted by atomic mass is 9.93. The predicted octanol–water partition coefficient (Wildman–Crippen LogP) is 3.89. The van der Waals surface area contributed by atoms with E-state index in [4.69, 9.17) is 4.74 Å². The second-order valence-corrected chi connectivity index (χ2v) is 8.86. The highest BCUT2D eigenvalue weighted by molar-refractivity contribution is 5.77. The van der Waals surface area contributed by atoms with Gasteiger partial charge in [0.1, 0.15) is 6.61 Å². The standard InChI is InChI=1S/C24H30F3N5O2/c1-17-15-28-23(30-22(17)24(25,26)27)29-18-7-9-20(10-8-18)34-16-21(33)32-13-11-31(12-14-32)19-5-3-2-4-6-19/h2-6,15,18,20H,7-14,16H2,1H3,(H,28,29,30). The van der Waals surface area contributed by atoms with Gasteiger partial charge in [-0.05, 0) is 50.3 Å². The van der Waals surface area contributed by atoms with Crippen molar-refractivity contribution in [3.8, 4) is 0 Å². The van der Waals surface area contributed by atoms with Crippen LogP contribution in [-0.4, -0.2) is 65.7 Å². The van der Waals surface area contributed by atoms with Crippen LogP contribution in [0.1, 0.15) is 36.9 Å². The average Bonchev–Trinajstić information content (AvgIpc) is 2.84. The number of amides is 1. The first-order valence-electron chi connectivity index (χ1n) is 11.7. The van der Waals surface area contributed by atoms with Crippen LogP contribution in [0.15, 0.2) is 36.5 Å². The minimum absolute atomic E-state index is 0.000644. The Morgan fingerprint density at radius 2 is 1.76 bits per heavy atom. The van der Waals surface area contributed by atoms with Crippen molar-refractivity contribution in [2.45, 2.75) is 50.9 Å². The Balaban J connectivity index is 1.18. The molecule has 2 aromatic rings. The van der Waals surface area contributed by atoms with Gasteiger partial charge in [-0.1, -0.05) is 18.2 Å². The van der Waals surface area contributed by atoms with Gasteiger partial charge in [-0.25, -0.2) is 9.97 Å². The van der Waals surface area contributed by atoms with E-state index in [1.165, 1.54) is 18.8 Å². The lowest BCUT2D eigenvalue weighted by Crippen LogP contribution is -2.50. The summed E-state index contributed by atoms with van der Waals surface area (Å²) in [6.07, 6.45) is -0.457. The molecule has 184 valence electrons. The summed E-state index contributed by atoms with van der Waals surface area (Å²) in [5.41, 5.74) is 0.258. The van der Waals surface area contributed by atoms with Gasteiger partial charge in [0.25, 0.3) is 0 Å². The van der Waals surface area contributed by atoms with Crippen LogP contribution in [0.3, 0.4) is 0 Å². The Bertz CT molecular complexity index is 957. The molecule has 1 saturated carbocycles. The van der Waals surface area contributed by atoms with Crippen LogP contribution in [0.2, 0.25) is 0 Å². The summed E-state index contributed by atoms with van der Waals surface area (Å²) in [5.74, 6) is -0.00666. The summed E-state index contributed by atoms with van der Waals surface area (Å²) in [6.45, 7) is 4.34. The minimum atomic E-state index is -4.50. The molecule has 2 heterocycles. The average molecular weight is 478 g/mol. The summed E-state index contributed by atoms with van der Waals surface area (Å²) in [4.78, 5) is 24.4. The molecule has 1 aromatic carbocycles. The number of aromatic nitrogens is 2. The van der Waals surface area contributed by atoms with E-state index >= 15 is 0 Å². The molecule has 10 heteroatoms. The van der Waals surface area contributed by atoms with E-state index in [2.05, 4.69) is 32.3 Å². The van der Waals surface area contributed by atoms with E-state index in [0.29, 0.717) is 25.9 Å². The molecule has 0 radical (unpaired) electrons. The van der Waals surface area contributed by atoms with E-state index in [9.17, 15) is 18.0 Å². The fourth-order valence-corrected chi connectivity index (χ4v) is 4.49. The second kappa shape index (κ2) is 10.6. The summed E-state index contributed by atoms with van der Waals surface area (Å²) < 4.78 is 45.1. The number of anilines is 2. The molecule has 34 heavy (non-hydrogen) atoms. The number of carbonyl (C=O) groups excluding carboxylic acids is 1. The third-order valence-electron chi connectivity index (χ3n) is 6.44. The van der Waals surface area contributed by atoms with Crippen molar-refractivity contribution in [2.75, 3.05) is 43.0 Å². The van der Waals surface area contributed by atoms with E-state index < -0.39 is 11.9 Å². The maximum absolute atomic E-state index is 13.1. The van der Waals surface area contributed by atoms with Gasteiger partial charge < -0.3 is 19.9 Å². The molecule has 2 fully saturated rings. The van der Waals surface area contributed by atoms with E-state index in [0.717, 1.165) is 25.9 Å². The van der Waals surface area contributed by atoms with E-state index in [1.54, 1.807) is 0 Å². The Labute approximate surface area is 197 Å². The Morgan fingerprint density at radius 3 is 2.41 bits per heavy atom. The van der Waals surface area contributed by atoms with Crippen molar-refractivity contribution in [2.24, 2.45) is 0 Å². The lowest BCUT2D eigenvalue weighted by Gasteiger charge is -2.36. The van der Waals surface area contributed by atoms with Crippen molar-refractivity contribution < 1.29 is 22.7 Å². The number of rotatable bonds is 6. The van der Waals surface area contributed by atoms with Crippen molar-refractivity contribution in [1.29, 1.82) is 0 Å². The van der Waals surface area contributed by atoms with Crippen LogP contribution in [0.25, 0.3) is 0 Å². The molecule has 1 N–H and O–H groups in total. The molecule has 1 saturated heterocycles. The van der Waals surface area contributed by atoms with E-state index in [1.807, 2.05) is 23.1 Å². The van der Waals surface area contributed by atoms with Gasteiger partial charge in [0, 0.05) is 44.1 Å². The van der Waals surface area contributed by atoms with Gasteiger partial charge in [-0.3, -0.25) is 4.79 Å². The third-order valence-corrected chi connectivity index (χ3v) is 6.44. The fourth-order valence-electron chi connectivity index (χ4n) is 4.49. The summed E-state index contributed by atoms with van der Waals surface area (Å²) in [5, 5.41) is 3.02. The fraction of sp³-hybridized carbons (Fsp3) is 0.542. The zero-order valence-corrected chi connectivity index (χ0v) is 19.2. The van der Waals surface area contributed by atoms with Crippen LogP contribution in [-0.2, 0) is 15.7 Å².